The molecule has 13 heavy (non-hydrogen) atoms. The predicted molar refractivity (Wildman–Crippen MR) is 45.5 cm³/mol. The Balaban J connectivity index is 3.08. The lowest BCUT2D eigenvalue weighted by atomic mass is 10.1. The maximum Gasteiger partial charge on any atom is 0.127 e. The van der Waals surface area contributed by atoms with Crippen LogP contribution in [0.25, 0.3) is 0 Å². The monoisotopic (exact) mass is 180 g/mol. The SMILES string of the molecule is CNC(C#N)c1cc(O)cc(F)c1. The van der Waals surface area contributed by atoms with Crippen molar-refractivity contribution in [2.75, 3.05) is 7.05 Å². The molecule has 68 valence electrons. The summed E-state index contributed by atoms with van der Waals surface area (Å²) >= 11 is 0. The summed E-state index contributed by atoms with van der Waals surface area (Å²) in [7, 11) is 1.59. The highest BCUT2D eigenvalue weighted by atomic mass is 19.1. The number of nitrogens with one attached hydrogen (secondary N) is 1. The Labute approximate surface area is 75.4 Å². The standard InChI is InChI=1S/C9H9FN2O/c1-12-9(5-11)6-2-7(10)4-8(13)3-6/h2-4,9,12-13H,1H3. The maximum atomic E-state index is 12.8. The van der Waals surface area contributed by atoms with Crippen molar-refractivity contribution in [2.24, 2.45) is 0 Å². The molecule has 2 N–H and O–H groups in total. The summed E-state index contributed by atoms with van der Waals surface area (Å²) in [5.74, 6) is -0.726. The molecule has 0 aliphatic rings. The van der Waals surface area contributed by atoms with Gasteiger partial charge in [0.05, 0.1) is 6.07 Å². The van der Waals surface area contributed by atoms with Gasteiger partial charge in [-0.25, -0.2) is 4.39 Å². The van der Waals surface area contributed by atoms with Crippen LogP contribution in [0.5, 0.6) is 5.75 Å². The van der Waals surface area contributed by atoms with E-state index in [9.17, 15) is 4.39 Å². The third-order valence-corrected chi connectivity index (χ3v) is 1.66. The van der Waals surface area contributed by atoms with Crippen molar-refractivity contribution in [1.29, 1.82) is 5.26 Å². The molecule has 0 radical (unpaired) electrons. The molecule has 0 saturated carbocycles. The van der Waals surface area contributed by atoms with Crippen LogP contribution in [-0.2, 0) is 0 Å². The van der Waals surface area contributed by atoms with Crippen LogP contribution in [0, 0.1) is 17.1 Å². The second kappa shape index (κ2) is 3.87. The third kappa shape index (κ3) is 2.17. The zero-order valence-corrected chi connectivity index (χ0v) is 7.08. The van der Waals surface area contributed by atoms with Gasteiger partial charge in [0, 0.05) is 6.07 Å². The molecule has 0 saturated heterocycles. The largest absolute Gasteiger partial charge is 0.508 e. The molecule has 1 rings (SSSR count). The lowest BCUT2D eigenvalue weighted by molar-refractivity contribution is 0.467. The number of benzene rings is 1. The molecule has 1 aromatic carbocycles. The zero-order valence-electron chi connectivity index (χ0n) is 7.08. The number of aromatic hydroxyl groups is 1. The number of nitriles is 1. The minimum atomic E-state index is -0.596. The highest BCUT2D eigenvalue weighted by Crippen LogP contribution is 2.19. The summed E-state index contributed by atoms with van der Waals surface area (Å²) < 4.78 is 12.8. The molecule has 0 fully saturated rings. The van der Waals surface area contributed by atoms with E-state index in [-0.39, 0.29) is 5.75 Å². The van der Waals surface area contributed by atoms with Gasteiger partial charge in [-0.3, -0.25) is 0 Å². The maximum absolute atomic E-state index is 12.8. The van der Waals surface area contributed by atoms with Crippen LogP contribution in [-0.4, -0.2) is 12.2 Å². The molecule has 0 amide bonds. The van der Waals surface area contributed by atoms with E-state index < -0.39 is 11.9 Å². The molecule has 1 aromatic rings. The fourth-order valence-electron chi connectivity index (χ4n) is 1.07. The summed E-state index contributed by atoms with van der Waals surface area (Å²) in [6, 6.07) is 4.90. The van der Waals surface area contributed by atoms with Crippen LogP contribution in [0.4, 0.5) is 4.39 Å². The first kappa shape index (κ1) is 9.49. The third-order valence-electron chi connectivity index (χ3n) is 1.66. The summed E-state index contributed by atoms with van der Waals surface area (Å²) in [6.45, 7) is 0. The van der Waals surface area contributed by atoms with Crippen molar-refractivity contribution in [2.45, 2.75) is 6.04 Å². The number of hydrogen-bond acceptors (Lipinski definition) is 3. The quantitative estimate of drug-likeness (QED) is 0.721. The van der Waals surface area contributed by atoms with Gasteiger partial charge in [-0.15, -0.1) is 0 Å². The summed E-state index contributed by atoms with van der Waals surface area (Å²) in [5, 5.41) is 20.4. The van der Waals surface area contributed by atoms with Gasteiger partial charge in [-0.2, -0.15) is 5.26 Å². The molecule has 0 bridgehead atoms. The van der Waals surface area contributed by atoms with Gasteiger partial charge >= 0.3 is 0 Å². The molecule has 4 heteroatoms. The molecule has 0 spiro atoms. The van der Waals surface area contributed by atoms with E-state index in [1.54, 1.807) is 7.05 Å². The molecule has 0 heterocycles. The molecular weight excluding hydrogens is 171 g/mol. The molecule has 0 aliphatic carbocycles. The molecular formula is C9H9FN2O. The van der Waals surface area contributed by atoms with Gasteiger partial charge in [0.25, 0.3) is 0 Å². The van der Waals surface area contributed by atoms with Crippen molar-refractivity contribution >= 4 is 0 Å². The van der Waals surface area contributed by atoms with E-state index in [2.05, 4.69) is 5.32 Å². The van der Waals surface area contributed by atoms with Crippen LogP contribution < -0.4 is 5.32 Å². The second-order valence-corrected chi connectivity index (χ2v) is 2.59. The number of halogens is 1. The molecule has 1 unspecified atom stereocenters. The second-order valence-electron chi connectivity index (χ2n) is 2.59. The van der Waals surface area contributed by atoms with Crippen LogP contribution in [0.2, 0.25) is 0 Å². The van der Waals surface area contributed by atoms with E-state index in [4.69, 9.17) is 10.4 Å². The molecule has 1 atom stereocenters. The lowest BCUT2D eigenvalue weighted by Crippen LogP contribution is -2.14. The number of phenolic OH excluding ortho intramolecular Hbond substituents is 1. The van der Waals surface area contributed by atoms with Crippen molar-refractivity contribution in [3.05, 3.63) is 29.6 Å². The van der Waals surface area contributed by atoms with E-state index in [1.165, 1.54) is 12.1 Å². The Morgan fingerprint density at radius 1 is 1.54 bits per heavy atom. The number of hydrogen-bond donors (Lipinski definition) is 2. The lowest BCUT2D eigenvalue weighted by Gasteiger charge is -2.07. The average molecular weight is 180 g/mol. The van der Waals surface area contributed by atoms with Gasteiger partial charge in [-0.1, -0.05) is 0 Å². The molecule has 0 aliphatic heterocycles. The van der Waals surface area contributed by atoms with E-state index in [0.717, 1.165) is 6.07 Å². The van der Waals surface area contributed by atoms with Crippen molar-refractivity contribution < 1.29 is 9.50 Å². The minimum absolute atomic E-state index is 0.175. The smallest absolute Gasteiger partial charge is 0.127 e. The van der Waals surface area contributed by atoms with Gasteiger partial charge in [-0.05, 0) is 24.7 Å². The van der Waals surface area contributed by atoms with E-state index in [1.807, 2.05) is 6.07 Å². The van der Waals surface area contributed by atoms with E-state index in [0.29, 0.717) is 5.56 Å². The fourth-order valence-corrected chi connectivity index (χ4v) is 1.07. The Morgan fingerprint density at radius 2 is 2.23 bits per heavy atom. The summed E-state index contributed by atoms with van der Waals surface area (Å²) in [4.78, 5) is 0. The molecule has 3 nitrogen and oxygen atoms in total. The Hall–Kier alpha value is -1.60. The normalized spacial score (nSPS) is 12.1. The predicted octanol–water partition coefficient (Wildman–Crippen LogP) is 1.32. The first-order valence-corrected chi connectivity index (χ1v) is 3.73. The topological polar surface area (TPSA) is 56.0 Å². The Morgan fingerprint density at radius 3 is 2.69 bits per heavy atom. The van der Waals surface area contributed by atoms with Gasteiger partial charge in [0.2, 0.25) is 0 Å². The van der Waals surface area contributed by atoms with Crippen LogP contribution in [0.3, 0.4) is 0 Å². The average Bonchev–Trinajstić information content (AvgIpc) is 2.04. The molecule has 0 aromatic heterocycles. The zero-order chi connectivity index (χ0) is 9.84. The Kier molecular flexibility index (Phi) is 2.83. The van der Waals surface area contributed by atoms with Crippen LogP contribution >= 0.6 is 0 Å². The van der Waals surface area contributed by atoms with Gasteiger partial charge < -0.3 is 10.4 Å². The highest BCUT2D eigenvalue weighted by Gasteiger charge is 2.09. The van der Waals surface area contributed by atoms with Gasteiger partial charge in [0.15, 0.2) is 0 Å². The summed E-state index contributed by atoms with van der Waals surface area (Å²) in [6.07, 6.45) is 0. The summed E-state index contributed by atoms with van der Waals surface area (Å²) in [5.41, 5.74) is 0.419. The number of nitrogens with zero attached hydrogens (tertiary/aromatic N) is 1. The Bertz CT molecular complexity index is 326. The fraction of sp³-hybridized carbons (Fsp3) is 0.222. The van der Waals surface area contributed by atoms with Gasteiger partial charge in [0.1, 0.15) is 17.6 Å². The van der Waals surface area contributed by atoms with Crippen LogP contribution in [0.1, 0.15) is 11.6 Å². The number of phenols is 1. The van der Waals surface area contributed by atoms with Crippen molar-refractivity contribution in [3.8, 4) is 11.8 Å². The van der Waals surface area contributed by atoms with Crippen LogP contribution in [0.15, 0.2) is 18.2 Å². The number of rotatable bonds is 2. The minimum Gasteiger partial charge on any atom is -0.508 e. The van der Waals surface area contributed by atoms with E-state index >= 15 is 0 Å². The van der Waals surface area contributed by atoms with Crippen molar-refractivity contribution in [3.63, 3.8) is 0 Å². The first-order valence-electron chi connectivity index (χ1n) is 3.73. The highest BCUT2D eigenvalue weighted by molar-refractivity contribution is 5.32. The first-order chi connectivity index (χ1) is 6.17. The van der Waals surface area contributed by atoms with Crippen molar-refractivity contribution in [1.82, 2.24) is 5.32 Å².